The van der Waals surface area contributed by atoms with Crippen molar-refractivity contribution in [3.05, 3.63) is 26.6 Å². The van der Waals surface area contributed by atoms with E-state index in [2.05, 4.69) is 56.2 Å². The van der Waals surface area contributed by atoms with Gasteiger partial charge in [0, 0.05) is 16.0 Å². The van der Waals surface area contributed by atoms with E-state index in [0.717, 1.165) is 14.6 Å². The van der Waals surface area contributed by atoms with Gasteiger partial charge in [-0.1, -0.05) is 0 Å². The predicted octanol–water partition coefficient (Wildman–Crippen LogP) is 3.56. The van der Waals surface area contributed by atoms with Crippen molar-refractivity contribution in [2.75, 3.05) is 12.4 Å². The van der Waals surface area contributed by atoms with Crippen LogP contribution >= 0.6 is 31.9 Å². The fourth-order valence-corrected chi connectivity index (χ4v) is 2.75. The summed E-state index contributed by atoms with van der Waals surface area (Å²) >= 11 is 6.93. The number of aryl methyl sites for hydroxylation is 1. The third-order valence-electron chi connectivity index (χ3n) is 1.44. The van der Waals surface area contributed by atoms with Gasteiger partial charge in [0.25, 0.3) is 0 Å². The SMILES string of the molecule is CNc1c(Br)cc(C)cc1Br. The second-order valence-corrected chi connectivity index (χ2v) is 4.06. The molecule has 0 fully saturated rings. The highest BCUT2D eigenvalue weighted by atomic mass is 79.9. The van der Waals surface area contributed by atoms with Crippen LogP contribution in [0.3, 0.4) is 0 Å². The van der Waals surface area contributed by atoms with Gasteiger partial charge in [-0.15, -0.1) is 0 Å². The number of nitrogens with one attached hydrogen (secondary N) is 1. The van der Waals surface area contributed by atoms with E-state index in [4.69, 9.17) is 0 Å². The highest BCUT2D eigenvalue weighted by Crippen LogP contribution is 2.31. The van der Waals surface area contributed by atoms with E-state index in [1.165, 1.54) is 5.56 Å². The third-order valence-corrected chi connectivity index (χ3v) is 2.69. The third kappa shape index (κ3) is 1.97. The Morgan fingerprint density at radius 2 is 1.64 bits per heavy atom. The van der Waals surface area contributed by atoms with Crippen LogP contribution in [0.25, 0.3) is 0 Å². The maximum atomic E-state index is 3.47. The summed E-state index contributed by atoms with van der Waals surface area (Å²) in [5.74, 6) is 0. The first-order valence-electron chi connectivity index (χ1n) is 3.28. The van der Waals surface area contributed by atoms with E-state index < -0.39 is 0 Å². The van der Waals surface area contributed by atoms with E-state index >= 15 is 0 Å². The van der Waals surface area contributed by atoms with Crippen molar-refractivity contribution < 1.29 is 0 Å². The largest absolute Gasteiger partial charge is 0.386 e. The number of rotatable bonds is 1. The minimum atomic E-state index is 1.09. The molecule has 0 amide bonds. The van der Waals surface area contributed by atoms with E-state index in [1.54, 1.807) is 0 Å². The first-order chi connectivity index (χ1) is 5.15. The monoisotopic (exact) mass is 277 g/mol. The summed E-state index contributed by atoms with van der Waals surface area (Å²) < 4.78 is 2.18. The molecule has 1 rings (SSSR count). The molecule has 0 aliphatic heterocycles. The lowest BCUT2D eigenvalue weighted by Gasteiger charge is -2.06. The molecule has 1 aromatic rings. The molecule has 0 atom stereocenters. The van der Waals surface area contributed by atoms with Crippen molar-refractivity contribution in [3.8, 4) is 0 Å². The van der Waals surface area contributed by atoms with Gasteiger partial charge < -0.3 is 5.32 Å². The van der Waals surface area contributed by atoms with Gasteiger partial charge in [-0.25, -0.2) is 0 Å². The Labute approximate surface area is 83.4 Å². The maximum absolute atomic E-state index is 3.47. The Kier molecular flexibility index (Phi) is 2.96. The Morgan fingerprint density at radius 3 is 2.00 bits per heavy atom. The van der Waals surface area contributed by atoms with Gasteiger partial charge in [0.1, 0.15) is 0 Å². The fraction of sp³-hybridized carbons (Fsp3) is 0.250. The summed E-state index contributed by atoms with van der Waals surface area (Å²) in [5, 5.41) is 3.10. The van der Waals surface area contributed by atoms with Crippen LogP contribution in [0.2, 0.25) is 0 Å². The van der Waals surface area contributed by atoms with Crippen LogP contribution in [-0.4, -0.2) is 7.05 Å². The van der Waals surface area contributed by atoms with Crippen LogP contribution in [0.5, 0.6) is 0 Å². The molecular weight excluding hydrogens is 270 g/mol. The van der Waals surface area contributed by atoms with Crippen molar-refractivity contribution in [1.29, 1.82) is 0 Å². The molecule has 0 aliphatic rings. The number of hydrogen-bond donors (Lipinski definition) is 1. The molecule has 0 spiro atoms. The lowest BCUT2D eigenvalue weighted by Crippen LogP contribution is -1.91. The van der Waals surface area contributed by atoms with Crippen LogP contribution in [0.4, 0.5) is 5.69 Å². The molecule has 11 heavy (non-hydrogen) atoms. The zero-order valence-electron chi connectivity index (χ0n) is 6.41. The van der Waals surface area contributed by atoms with Gasteiger partial charge in [0.2, 0.25) is 0 Å². The van der Waals surface area contributed by atoms with Gasteiger partial charge in [-0.05, 0) is 56.5 Å². The van der Waals surface area contributed by atoms with Gasteiger partial charge >= 0.3 is 0 Å². The molecule has 1 N–H and O–H groups in total. The summed E-state index contributed by atoms with van der Waals surface area (Å²) in [4.78, 5) is 0. The number of benzene rings is 1. The highest BCUT2D eigenvalue weighted by molar-refractivity contribution is 9.11. The van der Waals surface area contributed by atoms with Crippen LogP contribution in [0.1, 0.15) is 5.56 Å². The molecule has 3 heteroatoms. The molecule has 0 saturated heterocycles. The highest BCUT2D eigenvalue weighted by Gasteiger charge is 2.02. The minimum Gasteiger partial charge on any atom is -0.386 e. The van der Waals surface area contributed by atoms with Gasteiger partial charge in [-0.2, -0.15) is 0 Å². The van der Waals surface area contributed by atoms with E-state index in [9.17, 15) is 0 Å². The summed E-state index contributed by atoms with van der Waals surface area (Å²) in [6.45, 7) is 2.06. The molecule has 0 heterocycles. The first kappa shape index (κ1) is 9.07. The van der Waals surface area contributed by atoms with E-state index in [0.29, 0.717) is 0 Å². The molecule has 0 radical (unpaired) electrons. The molecular formula is C8H9Br2N. The lowest BCUT2D eigenvalue weighted by molar-refractivity contribution is 1.39. The topological polar surface area (TPSA) is 12.0 Å². The summed E-state index contributed by atoms with van der Waals surface area (Å²) in [5.41, 5.74) is 2.33. The Balaban J connectivity index is 3.25. The van der Waals surface area contributed by atoms with Crippen molar-refractivity contribution >= 4 is 37.5 Å². The van der Waals surface area contributed by atoms with Crippen molar-refractivity contribution in [1.82, 2.24) is 0 Å². The average molecular weight is 279 g/mol. The molecule has 1 nitrogen and oxygen atoms in total. The molecule has 0 unspecified atom stereocenters. The van der Waals surface area contributed by atoms with Crippen molar-refractivity contribution in [3.63, 3.8) is 0 Å². The predicted molar refractivity (Wildman–Crippen MR) is 56.1 cm³/mol. The lowest BCUT2D eigenvalue weighted by atomic mass is 10.2. The Hall–Kier alpha value is -0.0200. The summed E-state index contributed by atoms with van der Waals surface area (Å²) in [6.07, 6.45) is 0. The fourth-order valence-electron chi connectivity index (χ4n) is 0.939. The van der Waals surface area contributed by atoms with Crippen molar-refractivity contribution in [2.24, 2.45) is 0 Å². The number of hydrogen-bond acceptors (Lipinski definition) is 1. The average Bonchev–Trinajstić information content (AvgIpc) is 1.85. The second-order valence-electron chi connectivity index (χ2n) is 2.35. The van der Waals surface area contributed by atoms with Gasteiger partial charge in [-0.3, -0.25) is 0 Å². The molecule has 60 valence electrons. The van der Waals surface area contributed by atoms with Gasteiger partial charge in [0.05, 0.1) is 5.69 Å². The Morgan fingerprint density at radius 1 is 1.18 bits per heavy atom. The standard InChI is InChI=1S/C8H9Br2N/c1-5-3-6(9)8(11-2)7(10)4-5/h3-4,11H,1-2H3. The smallest absolute Gasteiger partial charge is 0.0626 e. The van der Waals surface area contributed by atoms with Crippen molar-refractivity contribution in [2.45, 2.75) is 6.92 Å². The summed E-state index contributed by atoms with van der Waals surface area (Å²) in [6, 6.07) is 4.16. The summed E-state index contributed by atoms with van der Waals surface area (Å²) in [7, 11) is 1.90. The number of anilines is 1. The second kappa shape index (κ2) is 3.59. The Bertz CT molecular complexity index is 248. The number of halogens is 2. The van der Waals surface area contributed by atoms with Gasteiger partial charge in [0.15, 0.2) is 0 Å². The molecule has 0 aliphatic carbocycles. The van der Waals surface area contributed by atoms with Crippen LogP contribution < -0.4 is 5.32 Å². The minimum absolute atomic E-state index is 1.09. The van der Waals surface area contributed by atoms with Crippen LogP contribution in [-0.2, 0) is 0 Å². The van der Waals surface area contributed by atoms with E-state index in [1.807, 2.05) is 7.05 Å². The first-order valence-corrected chi connectivity index (χ1v) is 4.87. The molecule has 1 aromatic carbocycles. The maximum Gasteiger partial charge on any atom is 0.0626 e. The molecule has 0 aromatic heterocycles. The molecule has 0 bridgehead atoms. The zero-order chi connectivity index (χ0) is 8.43. The van der Waals surface area contributed by atoms with Crippen LogP contribution in [0.15, 0.2) is 21.1 Å². The van der Waals surface area contributed by atoms with Crippen LogP contribution in [0, 0.1) is 6.92 Å². The van der Waals surface area contributed by atoms with E-state index in [-0.39, 0.29) is 0 Å². The zero-order valence-corrected chi connectivity index (χ0v) is 9.58. The molecule has 0 saturated carbocycles. The normalized spacial score (nSPS) is 9.82. The quantitative estimate of drug-likeness (QED) is 0.828.